The number of amides is 1. The number of nitrogens with two attached hydrogens (primary N) is 1. The first-order chi connectivity index (χ1) is 6.09. The fraction of sp³-hybridized carbons (Fsp3) is 0.286. The first-order valence-corrected chi connectivity index (χ1v) is 4.86. The van der Waals surface area contributed by atoms with Crippen molar-refractivity contribution in [2.75, 3.05) is 5.75 Å². The largest absolute Gasteiger partial charge is 0.369 e. The van der Waals surface area contributed by atoms with Crippen molar-refractivity contribution in [3.05, 3.63) is 17.0 Å². The molecule has 0 aliphatic carbocycles. The Hall–Kier alpha value is -0.810. The highest BCUT2D eigenvalue weighted by Gasteiger charge is 2.04. The van der Waals surface area contributed by atoms with Crippen molar-refractivity contribution in [1.29, 1.82) is 0 Å². The van der Waals surface area contributed by atoms with Gasteiger partial charge in [-0.25, -0.2) is 9.97 Å². The summed E-state index contributed by atoms with van der Waals surface area (Å²) in [5.74, 6) is -0.173. The van der Waals surface area contributed by atoms with Crippen LogP contribution in [-0.4, -0.2) is 21.6 Å². The van der Waals surface area contributed by atoms with Crippen molar-refractivity contribution < 1.29 is 4.79 Å². The first kappa shape index (κ1) is 10.3. The van der Waals surface area contributed by atoms with Gasteiger partial charge in [0.2, 0.25) is 11.2 Å². The fourth-order valence-electron chi connectivity index (χ4n) is 0.692. The molecule has 0 saturated carbocycles. The molecule has 1 heterocycles. The highest BCUT2D eigenvalue weighted by Crippen LogP contribution is 2.19. The Morgan fingerprint density at radius 2 is 2.46 bits per heavy atom. The predicted molar refractivity (Wildman–Crippen MR) is 51.7 cm³/mol. The van der Waals surface area contributed by atoms with Crippen LogP contribution in [0.2, 0.25) is 5.28 Å². The Morgan fingerprint density at radius 1 is 1.77 bits per heavy atom. The lowest BCUT2D eigenvalue weighted by molar-refractivity contribution is -0.115. The van der Waals surface area contributed by atoms with E-state index in [0.29, 0.717) is 5.03 Å². The number of carbonyl (C=O) groups is 1. The molecule has 0 aliphatic heterocycles. The van der Waals surface area contributed by atoms with Gasteiger partial charge in [0, 0.05) is 6.20 Å². The number of nitrogens with zero attached hydrogens (tertiary/aromatic N) is 2. The molecule has 1 amide bonds. The molecule has 13 heavy (non-hydrogen) atoms. The summed E-state index contributed by atoms with van der Waals surface area (Å²) in [6, 6.07) is 0. The van der Waals surface area contributed by atoms with E-state index in [0.717, 1.165) is 5.56 Å². The third-order valence-corrected chi connectivity index (χ3v) is 2.54. The van der Waals surface area contributed by atoms with Crippen LogP contribution in [0.25, 0.3) is 0 Å². The smallest absolute Gasteiger partial charge is 0.227 e. The number of carbonyl (C=O) groups excluding carboxylic acids is 1. The molecule has 0 radical (unpaired) electrons. The number of aryl methyl sites for hydroxylation is 1. The van der Waals surface area contributed by atoms with Gasteiger partial charge in [0.25, 0.3) is 0 Å². The van der Waals surface area contributed by atoms with Crippen LogP contribution in [0.15, 0.2) is 11.2 Å². The van der Waals surface area contributed by atoms with Crippen LogP contribution in [0.3, 0.4) is 0 Å². The van der Waals surface area contributed by atoms with E-state index in [4.69, 9.17) is 17.3 Å². The maximum Gasteiger partial charge on any atom is 0.227 e. The van der Waals surface area contributed by atoms with Gasteiger partial charge in [-0.1, -0.05) is 11.8 Å². The summed E-state index contributed by atoms with van der Waals surface area (Å²) in [5.41, 5.74) is 5.88. The van der Waals surface area contributed by atoms with E-state index in [9.17, 15) is 4.79 Å². The third kappa shape index (κ3) is 3.20. The Labute approximate surface area is 84.9 Å². The molecule has 0 bridgehead atoms. The lowest BCUT2D eigenvalue weighted by atomic mass is 10.4. The molecule has 0 saturated heterocycles. The molecule has 0 aliphatic rings. The summed E-state index contributed by atoms with van der Waals surface area (Å²) >= 11 is 6.84. The molecule has 70 valence electrons. The number of thioether (sulfide) groups is 1. The Morgan fingerprint density at radius 3 is 3.08 bits per heavy atom. The second-order valence-corrected chi connectivity index (χ2v) is 3.68. The van der Waals surface area contributed by atoms with E-state index < -0.39 is 0 Å². The van der Waals surface area contributed by atoms with Crippen LogP contribution >= 0.6 is 23.4 Å². The second kappa shape index (κ2) is 4.43. The lowest BCUT2D eigenvalue weighted by Crippen LogP contribution is -2.13. The van der Waals surface area contributed by atoms with Gasteiger partial charge in [-0.3, -0.25) is 4.79 Å². The fourth-order valence-corrected chi connectivity index (χ4v) is 1.59. The predicted octanol–water partition coefficient (Wildman–Crippen LogP) is 1.02. The molecule has 1 aromatic heterocycles. The molecular weight excluding hydrogens is 210 g/mol. The maximum atomic E-state index is 10.5. The lowest BCUT2D eigenvalue weighted by Gasteiger charge is -2.01. The average Bonchev–Trinajstić information content (AvgIpc) is 2.06. The zero-order chi connectivity index (χ0) is 9.84. The van der Waals surface area contributed by atoms with E-state index >= 15 is 0 Å². The zero-order valence-electron chi connectivity index (χ0n) is 6.95. The van der Waals surface area contributed by atoms with Crippen molar-refractivity contribution in [3.8, 4) is 0 Å². The van der Waals surface area contributed by atoms with Crippen LogP contribution in [0.1, 0.15) is 5.56 Å². The van der Waals surface area contributed by atoms with E-state index in [-0.39, 0.29) is 16.9 Å². The molecule has 1 aromatic rings. The number of hydrogen-bond acceptors (Lipinski definition) is 4. The molecule has 0 spiro atoms. The molecule has 0 aromatic carbocycles. The van der Waals surface area contributed by atoms with Crippen molar-refractivity contribution in [1.82, 2.24) is 9.97 Å². The molecule has 0 atom stereocenters. The van der Waals surface area contributed by atoms with Gasteiger partial charge in [0.1, 0.15) is 5.03 Å². The van der Waals surface area contributed by atoms with Crippen molar-refractivity contribution >= 4 is 29.3 Å². The van der Waals surface area contributed by atoms with Gasteiger partial charge < -0.3 is 5.73 Å². The Bertz CT molecular complexity index is 332. The molecule has 1 rings (SSSR count). The highest BCUT2D eigenvalue weighted by molar-refractivity contribution is 7.99. The highest BCUT2D eigenvalue weighted by atomic mass is 35.5. The number of aromatic nitrogens is 2. The molecular formula is C7H8ClN3OS. The van der Waals surface area contributed by atoms with Crippen molar-refractivity contribution in [3.63, 3.8) is 0 Å². The maximum absolute atomic E-state index is 10.5. The van der Waals surface area contributed by atoms with E-state index in [1.54, 1.807) is 6.20 Å². The molecule has 0 unspecified atom stereocenters. The normalized spacial score (nSPS) is 10.0. The van der Waals surface area contributed by atoms with E-state index in [1.165, 1.54) is 11.8 Å². The molecule has 6 heteroatoms. The zero-order valence-corrected chi connectivity index (χ0v) is 8.52. The van der Waals surface area contributed by atoms with Crippen LogP contribution in [0.4, 0.5) is 0 Å². The minimum absolute atomic E-state index is 0.178. The van der Waals surface area contributed by atoms with E-state index in [2.05, 4.69) is 9.97 Å². The summed E-state index contributed by atoms with van der Waals surface area (Å²) in [6.07, 6.45) is 1.61. The van der Waals surface area contributed by atoms with Gasteiger partial charge in [-0.2, -0.15) is 0 Å². The van der Waals surface area contributed by atoms with E-state index in [1.807, 2.05) is 6.92 Å². The Balaban J connectivity index is 2.75. The average molecular weight is 218 g/mol. The second-order valence-electron chi connectivity index (χ2n) is 2.38. The van der Waals surface area contributed by atoms with Gasteiger partial charge in [-0.15, -0.1) is 0 Å². The summed E-state index contributed by atoms with van der Waals surface area (Å²) in [5, 5.41) is 0.872. The SMILES string of the molecule is Cc1cnc(Cl)nc1SCC(N)=O. The summed E-state index contributed by atoms with van der Waals surface area (Å²) in [4.78, 5) is 18.2. The monoisotopic (exact) mass is 217 g/mol. The van der Waals surface area contributed by atoms with Gasteiger partial charge in [0.15, 0.2) is 0 Å². The van der Waals surface area contributed by atoms with Gasteiger partial charge in [0.05, 0.1) is 5.75 Å². The summed E-state index contributed by atoms with van der Waals surface area (Å²) in [6.45, 7) is 1.85. The number of hydrogen-bond donors (Lipinski definition) is 1. The molecule has 0 fully saturated rings. The molecule has 4 nitrogen and oxygen atoms in total. The quantitative estimate of drug-likeness (QED) is 0.466. The topological polar surface area (TPSA) is 68.9 Å². The van der Waals surface area contributed by atoms with Crippen LogP contribution in [0.5, 0.6) is 0 Å². The summed E-state index contributed by atoms with van der Waals surface area (Å²) < 4.78 is 0. The number of halogens is 1. The van der Waals surface area contributed by atoms with Crippen molar-refractivity contribution in [2.45, 2.75) is 11.9 Å². The summed E-state index contributed by atoms with van der Waals surface area (Å²) in [7, 11) is 0. The van der Waals surface area contributed by atoms with Crippen molar-refractivity contribution in [2.24, 2.45) is 5.73 Å². The van der Waals surface area contributed by atoms with Crippen LogP contribution in [-0.2, 0) is 4.79 Å². The Kier molecular flexibility index (Phi) is 3.50. The van der Waals surface area contributed by atoms with Gasteiger partial charge >= 0.3 is 0 Å². The number of rotatable bonds is 3. The number of primary amides is 1. The van der Waals surface area contributed by atoms with Gasteiger partial charge in [-0.05, 0) is 24.1 Å². The van der Waals surface area contributed by atoms with Crippen LogP contribution < -0.4 is 5.73 Å². The third-order valence-electron chi connectivity index (χ3n) is 1.25. The minimum atomic E-state index is -0.376. The standard InChI is InChI=1S/C7H8ClN3OS/c1-4-2-10-7(8)11-6(4)13-3-5(9)12/h2H,3H2,1H3,(H2,9,12). The first-order valence-electron chi connectivity index (χ1n) is 3.50. The van der Waals surface area contributed by atoms with Crippen LogP contribution in [0, 0.1) is 6.92 Å². The minimum Gasteiger partial charge on any atom is -0.369 e. The molecule has 2 N–H and O–H groups in total.